The number of benzene rings is 1. The molecule has 0 bridgehead atoms. The number of para-hydroxylation sites is 1. The number of aliphatic hydroxyl groups excluding tert-OH is 1. The first-order valence-corrected chi connectivity index (χ1v) is 5.50. The smallest absolute Gasteiger partial charge is 0.307 e. The van der Waals surface area contributed by atoms with Gasteiger partial charge in [0.1, 0.15) is 0 Å². The fourth-order valence-electron chi connectivity index (χ4n) is 1.95. The van der Waals surface area contributed by atoms with E-state index >= 15 is 0 Å². The van der Waals surface area contributed by atoms with Crippen molar-refractivity contribution in [1.82, 2.24) is 4.57 Å². The third-order valence-electron chi connectivity index (χ3n) is 2.83. The molecule has 4 heteroatoms. The van der Waals surface area contributed by atoms with Crippen molar-refractivity contribution in [3.05, 3.63) is 36.0 Å². The summed E-state index contributed by atoms with van der Waals surface area (Å²) in [5.41, 5.74) is 1.91. The normalized spacial score (nSPS) is 10.7. The summed E-state index contributed by atoms with van der Waals surface area (Å²) < 4.78 is 6.59. The maximum Gasteiger partial charge on any atom is 0.307 e. The number of ether oxygens (including phenoxy) is 1. The summed E-state index contributed by atoms with van der Waals surface area (Å²) in [6.45, 7) is 0.568. The number of aliphatic hydroxyl groups is 1. The number of carbonyl (C=O) groups is 1. The van der Waals surface area contributed by atoms with Crippen LogP contribution in [0.25, 0.3) is 10.9 Å². The van der Waals surface area contributed by atoms with Gasteiger partial charge in [-0.3, -0.25) is 4.79 Å². The Hall–Kier alpha value is -1.81. The van der Waals surface area contributed by atoms with Crippen LogP contribution >= 0.6 is 0 Å². The van der Waals surface area contributed by atoms with Gasteiger partial charge in [0.25, 0.3) is 0 Å². The van der Waals surface area contributed by atoms with E-state index in [2.05, 4.69) is 4.74 Å². The molecule has 1 aromatic heterocycles. The van der Waals surface area contributed by atoms with Crippen LogP contribution in [0, 0.1) is 0 Å². The number of rotatable bonds is 4. The second-order valence-corrected chi connectivity index (χ2v) is 3.85. The molecule has 0 aliphatic rings. The molecule has 0 aliphatic heterocycles. The van der Waals surface area contributed by atoms with E-state index in [-0.39, 0.29) is 12.6 Å². The van der Waals surface area contributed by atoms with E-state index in [1.165, 1.54) is 7.11 Å². The molecular weight excluding hydrogens is 218 g/mol. The zero-order valence-corrected chi connectivity index (χ0v) is 9.72. The number of nitrogens with zero attached hydrogens (tertiary/aromatic N) is 1. The van der Waals surface area contributed by atoms with Crippen molar-refractivity contribution in [1.29, 1.82) is 0 Å². The van der Waals surface area contributed by atoms with Gasteiger partial charge in [0.05, 0.1) is 20.1 Å². The average molecular weight is 233 g/mol. The van der Waals surface area contributed by atoms with Crippen LogP contribution in [0.3, 0.4) is 0 Å². The molecule has 17 heavy (non-hydrogen) atoms. The van der Waals surface area contributed by atoms with Gasteiger partial charge in [-0.2, -0.15) is 0 Å². The van der Waals surface area contributed by atoms with Gasteiger partial charge in [-0.15, -0.1) is 0 Å². The number of hydrogen-bond donors (Lipinski definition) is 1. The number of aryl methyl sites for hydroxylation is 1. The first kappa shape index (κ1) is 11.7. The van der Waals surface area contributed by atoms with Gasteiger partial charge in [0, 0.05) is 29.2 Å². The highest BCUT2D eigenvalue weighted by molar-refractivity contribution is 5.84. The van der Waals surface area contributed by atoms with E-state index in [0.717, 1.165) is 16.5 Å². The van der Waals surface area contributed by atoms with Crippen molar-refractivity contribution >= 4 is 16.9 Å². The van der Waals surface area contributed by atoms with Crippen molar-refractivity contribution in [2.24, 2.45) is 0 Å². The maximum atomic E-state index is 11.1. The van der Waals surface area contributed by atoms with Crippen LogP contribution in [0.1, 0.15) is 12.0 Å². The fourth-order valence-corrected chi connectivity index (χ4v) is 1.95. The molecule has 0 aliphatic carbocycles. The van der Waals surface area contributed by atoms with E-state index in [4.69, 9.17) is 0 Å². The highest BCUT2D eigenvalue weighted by Crippen LogP contribution is 2.21. The van der Waals surface area contributed by atoms with Gasteiger partial charge in [-0.05, 0) is 6.07 Å². The van der Waals surface area contributed by atoms with E-state index in [1.807, 2.05) is 35.0 Å². The molecule has 2 aromatic rings. The fraction of sp³-hybridized carbons (Fsp3) is 0.308. The Balaban J connectivity index is 2.31. The van der Waals surface area contributed by atoms with Crippen LogP contribution in [0.15, 0.2) is 30.5 Å². The van der Waals surface area contributed by atoms with E-state index in [1.54, 1.807) is 0 Å². The van der Waals surface area contributed by atoms with Crippen LogP contribution < -0.4 is 0 Å². The van der Waals surface area contributed by atoms with Gasteiger partial charge in [-0.1, -0.05) is 18.2 Å². The summed E-state index contributed by atoms with van der Waals surface area (Å²) in [5.74, 6) is -0.228. The predicted octanol–water partition coefficient (Wildman–Crippen LogP) is 1.70. The Kier molecular flexibility index (Phi) is 3.44. The van der Waals surface area contributed by atoms with Gasteiger partial charge in [0.2, 0.25) is 0 Å². The standard InChI is InChI=1S/C13H15NO3/c1-17-13(16)6-7-14-8-10(9-15)11-4-2-3-5-12(11)14/h2-5,8,15H,6-7,9H2,1H3. The molecule has 0 atom stereocenters. The number of carbonyl (C=O) groups excluding carboxylic acids is 1. The highest BCUT2D eigenvalue weighted by Gasteiger charge is 2.08. The van der Waals surface area contributed by atoms with Crippen LogP contribution in [-0.2, 0) is 22.7 Å². The number of aromatic nitrogens is 1. The lowest BCUT2D eigenvalue weighted by Gasteiger charge is -2.03. The lowest BCUT2D eigenvalue weighted by atomic mass is 10.2. The Morgan fingerprint density at radius 3 is 2.88 bits per heavy atom. The summed E-state index contributed by atoms with van der Waals surface area (Å²) in [5, 5.41) is 10.3. The first-order valence-electron chi connectivity index (χ1n) is 5.50. The zero-order valence-electron chi connectivity index (χ0n) is 9.72. The topological polar surface area (TPSA) is 51.5 Å². The van der Waals surface area contributed by atoms with Crippen molar-refractivity contribution in [3.8, 4) is 0 Å². The minimum Gasteiger partial charge on any atom is -0.469 e. The third-order valence-corrected chi connectivity index (χ3v) is 2.83. The summed E-state index contributed by atoms with van der Waals surface area (Å²) in [7, 11) is 1.38. The van der Waals surface area contributed by atoms with Gasteiger partial charge >= 0.3 is 5.97 Å². The van der Waals surface area contributed by atoms with Crippen molar-refractivity contribution in [3.63, 3.8) is 0 Å². The highest BCUT2D eigenvalue weighted by atomic mass is 16.5. The van der Waals surface area contributed by atoms with Crippen molar-refractivity contribution < 1.29 is 14.6 Å². The zero-order chi connectivity index (χ0) is 12.3. The monoisotopic (exact) mass is 233 g/mol. The average Bonchev–Trinajstić information content (AvgIpc) is 2.74. The minimum absolute atomic E-state index is 0.00569. The molecule has 2 rings (SSSR count). The number of esters is 1. The van der Waals surface area contributed by atoms with Crippen LogP contribution in [0.5, 0.6) is 0 Å². The Bertz CT molecular complexity index is 530. The molecule has 0 radical (unpaired) electrons. The summed E-state index contributed by atoms with van der Waals surface area (Å²) in [6.07, 6.45) is 2.22. The second-order valence-electron chi connectivity index (χ2n) is 3.85. The van der Waals surface area contributed by atoms with E-state index in [0.29, 0.717) is 13.0 Å². The van der Waals surface area contributed by atoms with E-state index < -0.39 is 0 Å². The van der Waals surface area contributed by atoms with Gasteiger partial charge in [-0.25, -0.2) is 0 Å². The first-order chi connectivity index (χ1) is 8.26. The number of methoxy groups -OCH3 is 1. The number of fused-ring (bicyclic) bond motifs is 1. The molecule has 0 spiro atoms. The summed E-state index contributed by atoms with van der Waals surface area (Å²) in [4.78, 5) is 11.1. The van der Waals surface area contributed by atoms with Crippen molar-refractivity contribution in [2.45, 2.75) is 19.6 Å². The minimum atomic E-state index is -0.228. The quantitative estimate of drug-likeness (QED) is 0.818. The lowest BCUT2D eigenvalue weighted by Crippen LogP contribution is -2.06. The Labute approximate surface area is 99.4 Å². The molecule has 4 nitrogen and oxygen atoms in total. The number of hydrogen-bond acceptors (Lipinski definition) is 3. The molecule has 1 heterocycles. The van der Waals surface area contributed by atoms with E-state index in [9.17, 15) is 9.90 Å². The molecular formula is C13H15NO3. The molecule has 0 fully saturated rings. The predicted molar refractivity (Wildman–Crippen MR) is 64.5 cm³/mol. The van der Waals surface area contributed by atoms with Crippen LogP contribution in [0.4, 0.5) is 0 Å². The SMILES string of the molecule is COC(=O)CCn1cc(CO)c2ccccc21. The summed E-state index contributed by atoms with van der Waals surface area (Å²) >= 11 is 0. The molecule has 1 aromatic carbocycles. The molecule has 0 amide bonds. The Morgan fingerprint density at radius 1 is 1.41 bits per heavy atom. The molecule has 90 valence electrons. The molecule has 0 unspecified atom stereocenters. The molecule has 1 N–H and O–H groups in total. The largest absolute Gasteiger partial charge is 0.469 e. The van der Waals surface area contributed by atoms with Crippen LogP contribution in [0.2, 0.25) is 0 Å². The second kappa shape index (κ2) is 5.01. The van der Waals surface area contributed by atoms with Crippen LogP contribution in [-0.4, -0.2) is 22.8 Å². The molecule has 0 saturated heterocycles. The van der Waals surface area contributed by atoms with Gasteiger partial charge < -0.3 is 14.4 Å². The third kappa shape index (κ3) is 2.31. The summed E-state index contributed by atoms with van der Waals surface area (Å²) in [6, 6.07) is 7.82. The van der Waals surface area contributed by atoms with Gasteiger partial charge in [0.15, 0.2) is 0 Å². The van der Waals surface area contributed by atoms with Crippen molar-refractivity contribution in [2.75, 3.05) is 7.11 Å². The maximum absolute atomic E-state index is 11.1. The Morgan fingerprint density at radius 2 is 2.18 bits per heavy atom. The lowest BCUT2D eigenvalue weighted by molar-refractivity contribution is -0.140. The molecule has 0 saturated carbocycles.